The fraction of sp³-hybridized carbons (Fsp3) is 0.400. The number of pyridine rings is 1. The molecule has 3 rings (SSSR count). The largest absolute Gasteiger partial charge is 0.357 e. The minimum Gasteiger partial charge on any atom is -0.357 e. The van der Waals surface area contributed by atoms with Gasteiger partial charge in [0.05, 0.1) is 11.7 Å². The first-order valence-corrected chi connectivity index (χ1v) is 8.96. The number of aryl methyl sites for hydroxylation is 1. The molecule has 6 heteroatoms. The van der Waals surface area contributed by atoms with Gasteiger partial charge in [-0.2, -0.15) is 0 Å². The molecular formula is C20H24F2N4. The van der Waals surface area contributed by atoms with Gasteiger partial charge in [-0.3, -0.25) is 0 Å². The van der Waals surface area contributed by atoms with E-state index in [1.165, 1.54) is 12.3 Å². The molecule has 3 aromatic rings. The third kappa shape index (κ3) is 3.04. The van der Waals surface area contributed by atoms with Gasteiger partial charge in [-0.15, -0.1) is 0 Å². The van der Waals surface area contributed by atoms with Crippen LogP contribution in [0.2, 0.25) is 0 Å². The normalized spacial score (nSPS) is 11.5. The monoisotopic (exact) mass is 358 g/mol. The predicted molar refractivity (Wildman–Crippen MR) is 102 cm³/mol. The fourth-order valence-electron chi connectivity index (χ4n) is 3.45. The molecule has 0 fully saturated rings. The number of benzene rings is 1. The molecule has 0 aliphatic carbocycles. The predicted octanol–water partition coefficient (Wildman–Crippen LogP) is 5.11. The molecule has 0 unspecified atom stereocenters. The smallest absolute Gasteiger partial charge is 0.151 e. The molecule has 0 atom stereocenters. The highest BCUT2D eigenvalue weighted by molar-refractivity contribution is 5.84. The highest BCUT2D eigenvalue weighted by Gasteiger charge is 2.18. The Morgan fingerprint density at radius 1 is 1.08 bits per heavy atom. The molecule has 2 aromatic heterocycles. The fourth-order valence-corrected chi connectivity index (χ4v) is 3.45. The lowest BCUT2D eigenvalue weighted by molar-refractivity contribution is 0.600. The van der Waals surface area contributed by atoms with Gasteiger partial charge in [0.25, 0.3) is 0 Å². The summed E-state index contributed by atoms with van der Waals surface area (Å²) in [5, 5.41) is 0. The van der Waals surface area contributed by atoms with Crippen molar-refractivity contribution in [3.63, 3.8) is 0 Å². The van der Waals surface area contributed by atoms with E-state index in [1.54, 1.807) is 6.07 Å². The Hall–Kier alpha value is -2.50. The average Bonchev–Trinajstić information content (AvgIpc) is 2.94. The topological polar surface area (TPSA) is 34.0 Å². The first kappa shape index (κ1) is 18.3. The van der Waals surface area contributed by atoms with Crippen molar-refractivity contribution in [2.45, 2.75) is 40.7 Å². The van der Waals surface area contributed by atoms with Crippen molar-refractivity contribution in [3.05, 3.63) is 41.9 Å². The lowest BCUT2D eigenvalue weighted by atomic mass is 10.0. The summed E-state index contributed by atoms with van der Waals surface area (Å²) in [6, 6.07) is 4.97. The van der Waals surface area contributed by atoms with E-state index >= 15 is 0 Å². The summed E-state index contributed by atoms with van der Waals surface area (Å²) in [5.41, 5.74) is 1.83. The number of nitrogens with zero attached hydrogens (tertiary/aromatic N) is 4. The van der Waals surface area contributed by atoms with Crippen molar-refractivity contribution in [2.24, 2.45) is 0 Å². The number of rotatable bonds is 5. The van der Waals surface area contributed by atoms with Gasteiger partial charge in [0.15, 0.2) is 5.82 Å². The van der Waals surface area contributed by atoms with Crippen LogP contribution in [0.4, 0.5) is 14.6 Å². The van der Waals surface area contributed by atoms with E-state index in [0.717, 1.165) is 18.9 Å². The minimum absolute atomic E-state index is 0.128. The van der Waals surface area contributed by atoms with E-state index in [9.17, 15) is 8.78 Å². The molecule has 2 heterocycles. The van der Waals surface area contributed by atoms with Crippen LogP contribution in [0.3, 0.4) is 0 Å². The Balaban J connectivity index is 2.22. The lowest BCUT2D eigenvalue weighted by Gasteiger charge is -2.20. The number of hydrogen-bond donors (Lipinski definition) is 0. The number of fused-ring (bicyclic) bond motifs is 1. The summed E-state index contributed by atoms with van der Waals surface area (Å²) in [7, 11) is 0. The molecule has 0 radical (unpaired) electrons. The van der Waals surface area contributed by atoms with E-state index in [4.69, 9.17) is 0 Å². The van der Waals surface area contributed by atoms with E-state index in [2.05, 4.69) is 9.97 Å². The molecule has 0 aliphatic rings. The average molecular weight is 358 g/mol. The molecule has 138 valence electrons. The van der Waals surface area contributed by atoms with Gasteiger partial charge < -0.3 is 9.47 Å². The first-order chi connectivity index (χ1) is 12.4. The third-order valence-electron chi connectivity index (χ3n) is 4.68. The van der Waals surface area contributed by atoms with Crippen LogP contribution < -0.4 is 4.90 Å². The SMILES string of the molecule is CCN(CC)c1cc(-c2cc(F)c3nc(C)n(C(C)C)c3c2)c(F)cn1. The van der Waals surface area contributed by atoms with Gasteiger partial charge in [0.1, 0.15) is 23.0 Å². The van der Waals surface area contributed by atoms with Crippen molar-refractivity contribution in [1.29, 1.82) is 0 Å². The second kappa shape index (κ2) is 7.02. The zero-order valence-electron chi connectivity index (χ0n) is 15.8. The van der Waals surface area contributed by atoms with Crippen LogP contribution in [0.5, 0.6) is 0 Å². The second-order valence-corrected chi connectivity index (χ2v) is 6.64. The summed E-state index contributed by atoms with van der Waals surface area (Å²) in [5.74, 6) is 0.512. The molecule has 0 bridgehead atoms. The number of imidazole rings is 1. The van der Waals surface area contributed by atoms with Crippen molar-refractivity contribution < 1.29 is 8.78 Å². The molecule has 26 heavy (non-hydrogen) atoms. The van der Waals surface area contributed by atoms with Crippen LogP contribution in [-0.2, 0) is 0 Å². The van der Waals surface area contributed by atoms with Crippen molar-refractivity contribution in [2.75, 3.05) is 18.0 Å². The Morgan fingerprint density at radius 3 is 2.38 bits per heavy atom. The number of aromatic nitrogens is 3. The Bertz CT molecular complexity index is 943. The quantitative estimate of drug-likeness (QED) is 0.635. The molecular weight excluding hydrogens is 334 g/mol. The van der Waals surface area contributed by atoms with Crippen LogP contribution in [-0.4, -0.2) is 27.6 Å². The molecule has 1 aromatic carbocycles. The van der Waals surface area contributed by atoms with Crippen molar-refractivity contribution in [1.82, 2.24) is 14.5 Å². The first-order valence-electron chi connectivity index (χ1n) is 8.96. The molecule has 0 saturated heterocycles. The van der Waals surface area contributed by atoms with Crippen LogP contribution in [0, 0.1) is 18.6 Å². The summed E-state index contributed by atoms with van der Waals surface area (Å²) in [6.07, 6.45) is 1.20. The van der Waals surface area contributed by atoms with E-state index in [-0.39, 0.29) is 6.04 Å². The Morgan fingerprint density at radius 2 is 1.77 bits per heavy atom. The standard InChI is InChI=1S/C20H24F2N4/c1-6-25(7-2)19-10-15(17(22)11-23-19)14-8-16(21)20-18(9-14)26(12(3)4)13(5)24-20/h8-12H,6-7H2,1-5H3. The third-order valence-corrected chi connectivity index (χ3v) is 4.68. The van der Waals surface area contributed by atoms with Gasteiger partial charge in [0, 0.05) is 24.7 Å². The highest BCUT2D eigenvalue weighted by atomic mass is 19.1. The zero-order valence-corrected chi connectivity index (χ0v) is 15.8. The maximum atomic E-state index is 14.7. The maximum Gasteiger partial charge on any atom is 0.151 e. The van der Waals surface area contributed by atoms with E-state index in [1.807, 2.05) is 50.2 Å². The van der Waals surface area contributed by atoms with Crippen LogP contribution in [0.1, 0.15) is 39.6 Å². The van der Waals surface area contributed by atoms with E-state index in [0.29, 0.717) is 28.0 Å². The summed E-state index contributed by atoms with van der Waals surface area (Å²) >= 11 is 0. The molecule has 0 N–H and O–H groups in total. The lowest BCUT2D eigenvalue weighted by Crippen LogP contribution is -2.23. The molecule has 0 saturated carbocycles. The molecule has 0 spiro atoms. The van der Waals surface area contributed by atoms with Gasteiger partial charge in [-0.05, 0) is 58.4 Å². The zero-order chi connectivity index (χ0) is 19.0. The number of halogens is 2. The van der Waals surface area contributed by atoms with Gasteiger partial charge in [0.2, 0.25) is 0 Å². The van der Waals surface area contributed by atoms with Crippen LogP contribution >= 0.6 is 0 Å². The summed E-state index contributed by atoms with van der Waals surface area (Å²) in [6.45, 7) is 11.5. The summed E-state index contributed by atoms with van der Waals surface area (Å²) in [4.78, 5) is 10.5. The molecule has 0 aliphatic heterocycles. The van der Waals surface area contributed by atoms with Crippen LogP contribution in [0.15, 0.2) is 24.4 Å². The van der Waals surface area contributed by atoms with Crippen molar-refractivity contribution in [3.8, 4) is 11.1 Å². The van der Waals surface area contributed by atoms with E-state index < -0.39 is 11.6 Å². The number of anilines is 1. The maximum absolute atomic E-state index is 14.7. The number of hydrogen-bond acceptors (Lipinski definition) is 3. The minimum atomic E-state index is -0.466. The van der Waals surface area contributed by atoms with Crippen molar-refractivity contribution >= 4 is 16.9 Å². The van der Waals surface area contributed by atoms with Crippen LogP contribution in [0.25, 0.3) is 22.2 Å². The van der Waals surface area contributed by atoms with Gasteiger partial charge in [-0.1, -0.05) is 0 Å². The van der Waals surface area contributed by atoms with Gasteiger partial charge >= 0.3 is 0 Å². The Kier molecular flexibility index (Phi) is 4.94. The van der Waals surface area contributed by atoms with Gasteiger partial charge in [-0.25, -0.2) is 18.7 Å². The second-order valence-electron chi connectivity index (χ2n) is 6.64. The summed E-state index contributed by atoms with van der Waals surface area (Å²) < 4.78 is 31.1. The molecule has 0 amide bonds. The highest BCUT2D eigenvalue weighted by Crippen LogP contribution is 2.32. The Labute approximate surface area is 152 Å². The molecule has 4 nitrogen and oxygen atoms in total.